The normalized spacial score (nSPS) is 11.1. The Morgan fingerprint density at radius 1 is 1.26 bits per heavy atom. The number of aromatic nitrogens is 1. The Morgan fingerprint density at radius 2 is 2.16 bits per heavy atom. The maximum Gasteiger partial charge on any atom is 0.120 e. The molecule has 1 heterocycles. The van der Waals surface area contributed by atoms with Crippen molar-refractivity contribution in [2.75, 3.05) is 13.2 Å². The zero-order valence-electron chi connectivity index (χ0n) is 11.5. The summed E-state index contributed by atoms with van der Waals surface area (Å²) in [6.07, 6.45) is 5.54. The van der Waals surface area contributed by atoms with Gasteiger partial charge in [-0.25, -0.2) is 4.98 Å². The molecule has 104 valence electrons. The molecule has 1 aromatic heterocycles. The highest BCUT2D eigenvalue weighted by atomic mass is 32.1. The van der Waals surface area contributed by atoms with Gasteiger partial charge in [0.2, 0.25) is 0 Å². The molecule has 2 aromatic rings. The lowest BCUT2D eigenvalue weighted by Gasteiger charge is -2.04. The van der Waals surface area contributed by atoms with E-state index in [4.69, 9.17) is 10.5 Å². The number of thiazole rings is 1. The molecule has 0 atom stereocenters. The number of hydrogen-bond acceptors (Lipinski definition) is 4. The van der Waals surface area contributed by atoms with Gasteiger partial charge in [-0.3, -0.25) is 0 Å². The predicted octanol–water partition coefficient (Wildman–Crippen LogP) is 3.76. The summed E-state index contributed by atoms with van der Waals surface area (Å²) >= 11 is 1.78. The third-order valence-electron chi connectivity index (χ3n) is 3.02. The van der Waals surface area contributed by atoms with Crippen molar-refractivity contribution in [1.29, 1.82) is 0 Å². The summed E-state index contributed by atoms with van der Waals surface area (Å²) in [5.41, 5.74) is 6.55. The Morgan fingerprint density at radius 3 is 2.95 bits per heavy atom. The second kappa shape index (κ2) is 7.46. The first-order valence-electron chi connectivity index (χ1n) is 7.06. The molecule has 0 aliphatic heterocycles. The molecule has 0 saturated carbocycles. The minimum atomic E-state index is 0.734. The Hall–Kier alpha value is -1.13. The molecule has 0 spiro atoms. The molecule has 0 aliphatic rings. The molecule has 0 bridgehead atoms. The number of nitrogens with two attached hydrogens (primary N) is 1. The maximum absolute atomic E-state index is 5.73. The van der Waals surface area contributed by atoms with Crippen LogP contribution in [0.15, 0.2) is 18.2 Å². The molecule has 0 unspecified atom stereocenters. The summed E-state index contributed by atoms with van der Waals surface area (Å²) in [5, 5.41) is 1.23. The molecule has 4 heteroatoms. The summed E-state index contributed by atoms with van der Waals surface area (Å²) in [6.45, 7) is 3.68. The van der Waals surface area contributed by atoms with E-state index in [1.807, 2.05) is 6.07 Å². The van der Waals surface area contributed by atoms with Crippen LogP contribution in [0.25, 0.3) is 10.2 Å². The average molecular weight is 278 g/mol. The Bertz CT molecular complexity index is 510. The topological polar surface area (TPSA) is 48.1 Å². The van der Waals surface area contributed by atoms with Crippen LogP contribution in [-0.4, -0.2) is 18.1 Å². The van der Waals surface area contributed by atoms with Crippen molar-refractivity contribution in [3.05, 3.63) is 23.2 Å². The van der Waals surface area contributed by atoms with Crippen molar-refractivity contribution >= 4 is 21.6 Å². The first-order chi connectivity index (χ1) is 9.33. The third-order valence-corrected chi connectivity index (χ3v) is 4.09. The van der Waals surface area contributed by atoms with E-state index in [2.05, 4.69) is 24.0 Å². The molecular weight excluding hydrogens is 256 g/mol. The Labute approximate surface area is 118 Å². The fraction of sp³-hybridized carbons (Fsp3) is 0.533. The van der Waals surface area contributed by atoms with E-state index < -0.39 is 0 Å². The van der Waals surface area contributed by atoms with Crippen LogP contribution in [0.3, 0.4) is 0 Å². The smallest absolute Gasteiger partial charge is 0.120 e. The lowest BCUT2D eigenvalue weighted by atomic mass is 10.2. The summed E-state index contributed by atoms with van der Waals surface area (Å²) < 4.78 is 6.95. The van der Waals surface area contributed by atoms with Gasteiger partial charge in [-0.1, -0.05) is 13.3 Å². The number of aryl methyl sites for hydroxylation is 1. The SMILES string of the molecule is CCCCc1nc2ccc(OCCCCN)cc2s1. The zero-order valence-corrected chi connectivity index (χ0v) is 12.3. The van der Waals surface area contributed by atoms with Gasteiger partial charge >= 0.3 is 0 Å². The van der Waals surface area contributed by atoms with Crippen LogP contribution in [0.1, 0.15) is 37.6 Å². The highest BCUT2D eigenvalue weighted by molar-refractivity contribution is 7.18. The number of unbranched alkanes of at least 4 members (excludes halogenated alkanes) is 2. The summed E-state index contributed by atoms with van der Waals surface area (Å²) in [5.74, 6) is 0.940. The first-order valence-corrected chi connectivity index (χ1v) is 7.87. The molecule has 0 fully saturated rings. The number of rotatable bonds is 8. The van der Waals surface area contributed by atoms with Crippen molar-refractivity contribution in [2.45, 2.75) is 39.0 Å². The van der Waals surface area contributed by atoms with Gasteiger partial charge in [0.25, 0.3) is 0 Å². The molecule has 2 rings (SSSR count). The van der Waals surface area contributed by atoms with Crippen LogP contribution in [0.2, 0.25) is 0 Å². The quantitative estimate of drug-likeness (QED) is 0.748. The van der Waals surface area contributed by atoms with E-state index in [1.54, 1.807) is 11.3 Å². The van der Waals surface area contributed by atoms with Crippen molar-refractivity contribution in [2.24, 2.45) is 5.73 Å². The molecular formula is C15H22N2OS. The minimum absolute atomic E-state index is 0.734. The minimum Gasteiger partial charge on any atom is -0.494 e. The molecule has 0 amide bonds. The van der Waals surface area contributed by atoms with E-state index in [0.717, 1.165) is 43.7 Å². The molecule has 0 radical (unpaired) electrons. The van der Waals surface area contributed by atoms with Gasteiger partial charge in [-0.05, 0) is 50.4 Å². The van der Waals surface area contributed by atoms with Crippen molar-refractivity contribution in [3.8, 4) is 5.75 Å². The van der Waals surface area contributed by atoms with E-state index in [-0.39, 0.29) is 0 Å². The number of fused-ring (bicyclic) bond motifs is 1. The monoisotopic (exact) mass is 278 g/mol. The summed E-state index contributed by atoms with van der Waals surface area (Å²) in [6, 6.07) is 6.17. The van der Waals surface area contributed by atoms with E-state index in [9.17, 15) is 0 Å². The second-order valence-electron chi connectivity index (χ2n) is 4.68. The summed E-state index contributed by atoms with van der Waals surface area (Å²) in [4.78, 5) is 4.65. The maximum atomic E-state index is 5.73. The number of benzene rings is 1. The largest absolute Gasteiger partial charge is 0.494 e. The number of ether oxygens (including phenoxy) is 1. The van der Waals surface area contributed by atoms with E-state index in [1.165, 1.54) is 22.5 Å². The van der Waals surface area contributed by atoms with Crippen LogP contribution in [0.5, 0.6) is 5.75 Å². The van der Waals surface area contributed by atoms with Gasteiger partial charge in [0.05, 0.1) is 21.8 Å². The van der Waals surface area contributed by atoms with Crippen molar-refractivity contribution < 1.29 is 4.74 Å². The molecule has 0 saturated heterocycles. The Balaban J connectivity index is 1.99. The van der Waals surface area contributed by atoms with Crippen LogP contribution in [0.4, 0.5) is 0 Å². The van der Waals surface area contributed by atoms with Gasteiger partial charge in [0.1, 0.15) is 5.75 Å². The molecule has 3 nitrogen and oxygen atoms in total. The second-order valence-corrected chi connectivity index (χ2v) is 5.80. The van der Waals surface area contributed by atoms with Crippen LogP contribution in [-0.2, 0) is 6.42 Å². The first kappa shape index (κ1) is 14.3. The molecule has 19 heavy (non-hydrogen) atoms. The average Bonchev–Trinajstić information content (AvgIpc) is 2.83. The van der Waals surface area contributed by atoms with Gasteiger partial charge in [0, 0.05) is 0 Å². The fourth-order valence-electron chi connectivity index (χ4n) is 1.91. The van der Waals surface area contributed by atoms with Gasteiger partial charge in [-0.2, -0.15) is 0 Å². The van der Waals surface area contributed by atoms with Crippen LogP contribution in [0, 0.1) is 0 Å². The van der Waals surface area contributed by atoms with E-state index in [0.29, 0.717) is 0 Å². The van der Waals surface area contributed by atoms with E-state index >= 15 is 0 Å². The van der Waals surface area contributed by atoms with Gasteiger partial charge < -0.3 is 10.5 Å². The standard InChI is InChI=1S/C15H22N2OS/c1-2-3-6-15-17-13-8-7-12(11-14(13)19-15)18-10-5-4-9-16/h7-8,11H,2-6,9-10,16H2,1H3. The van der Waals surface area contributed by atoms with Crippen LogP contribution < -0.4 is 10.5 Å². The molecule has 0 aliphatic carbocycles. The number of hydrogen-bond donors (Lipinski definition) is 1. The highest BCUT2D eigenvalue weighted by Crippen LogP contribution is 2.27. The highest BCUT2D eigenvalue weighted by Gasteiger charge is 2.05. The lowest BCUT2D eigenvalue weighted by molar-refractivity contribution is 0.308. The predicted molar refractivity (Wildman–Crippen MR) is 82.0 cm³/mol. The van der Waals surface area contributed by atoms with Crippen molar-refractivity contribution in [1.82, 2.24) is 4.98 Å². The van der Waals surface area contributed by atoms with Crippen molar-refractivity contribution in [3.63, 3.8) is 0 Å². The Kier molecular flexibility index (Phi) is 5.61. The molecule has 1 aromatic carbocycles. The van der Waals surface area contributed by atoms with Gasteiger partial charge in [0.15, 0.2) is 0 Å². The number of nitrogens with zero attached hydrogens (tertiary/aromatic N) is 1. The molecule has 2 N–H and O–H groups in total. The van der Waals surface area contributed by atoms with Crippen LogP contribution >= 0.6 is 11.3 Å². The fourth-order valence-corrected chi connectivity index (χ4v) is 2.95. The third kappa shape index (κ3) is 4.18. The zero-order chi connectivity index (χ0) is 13.5. The summed E-state index contributed by atoms with van der Waals surface area (Å²) in [7, 11) is 0. The lowest BCUT2D eigenvalue weighted by Crippen LogP contribution is -2.03. The van der Waals surface area contributed by atoms with Gasteiger partial charge in [-0.15, -0.1) is 11.3 Å².